The van der Waals surface area contributed by atoms with Crippen LogP contribution in [0, 0.1) is 0 Å². The van der Waals surface area contributed by atoms with Gasteiger partial charge in [-0.3, -0.25) is 9.59 Å². The molecule has 0 radical (unpaired) electrons. The molecule has 0 unspecified atom stereocenters. The van der Waals surface area contributed by atoms with Gasteiger partial charge in [0.1, 0.15) is 19.2 Å². The second-order valence-electron chi connectivity index (χ2n) is 5.33. The fourth-order valence-corrected chi connectivity index (χ4v) is 1.91. The molecule has 0 aliphatic rings. The van der Waals surface area contributed by atoms with Crippen molar-refractivity contribution in [2.45, 2.75) is 26.0 Å². The molecule has 1 aromatic carbocycles. The zero-order chi connectivity index (χ0) is 20.1. The molecule has 9 heteroatoms. The average molecular weight is 377 g/mol. The van der Waals surface area contributed by atoms with Crippen LogP contribution in [-0.2, 0) is 30.5 Å². The van der Waals surface area contributed by atoms with Crippen LogP contribution in [0.15, 0.2) is 42.5 Å². The molecule has 0 aliphatic carbocycles. The summed E-state index contributed by atoms with van der Waals surface area (Å²) in [6.07, 6.45) is 1.75. The van der Waals surface area contributed by atoms with Gasteiger partial charge in [-0.25, -0.2) is 9.59 Å². The number of nitrogens with one attached hydrogen (secondary N) is 2. The number of carbonyl (C=O) groups excluding carboxylic acids is 4. The molecule has 0 bridgehead atoms. The Morgan fingerprint density at radius 3 is 2.48 bits per heavy atom. The Morgan fingerprint density at radius 1 is 1.15 bits per heavy atom. The van der Waals surface area contributed by atoms with E-state index in [2.05, 4.69) is 10.6 Å². The molecule has 1 atom stereocenters. The predicted octanol–water partition coefficient (Wildman–Crippen LogP) is 0.392. The molecule has 1 rings (SSSR count). The second kappa shape index (κ2) is 12.1. The number of esters is 1. The standard InChI is InChI=1S/C18H23N3O6/c1-2-26-16(23)10-6-9-14(17(19)24)21-15(22)11-20-18(25)27-12-13-7-4-3-5-8-13/h3-8,10,14H,2,9,11-12H2,1H3,(H2,19,24)(H,20,25)(H,21,22)/b10-6+/t14-/m0/s1. The Labute approximate surface area is 156 Å². The summed E-state index contributed by atoms with van der Waals surface area (Å²) in [5.74, 6) is -1.96. The molecule has 9 nitrogen and oxygen atoms in total. The van der Waals surface area contributed by atoms with Crippen LogP contribution >= 0.6 is 0 Å². The summed E-state index contributed by atoms with van der Waals surface area (Å²) in [5.41, 5.74) is 6.02. The van der Waals surface area contributed by atoms with Crippen molar-refractivity contribution < 1.29 is 28.7 Å². The van der Waals surface area contributed by atoms with E-state index in [0.717, 1.165) is 11.6 Å². The van der Waals surface area contributed by atoms with E-state index in [1.165, 1.54) is 6.08 Å². The van der Waals surface area contributed by atoms with Crippen molar-refractivity contribution in [3.8, 4) is 0 Å². The van der Waals surface area contributed by atoms with Crippen LogP contribution in [0.4, 0.5) is 4.79 Å². The first-order valence-corrected chi connectivity index (χ1v) is 8.29. The van der Waals surface area contributed by atoms with E-state index in [1.807, 2.05) is 18.2 Å². The monoisotopic (exact) mass is 377 g/mol. The lowest BCUT2D eigenvalue weighted by atomic mass is 10.2. The van der Waals surface area contributed by atoms with E-state index in [9.17, 15) is 19.2 Å². The number of ether oxygens (including phenoxy) is 2. The molecule has 0 fully saturated rings. The van der Waals surface area contributed by atoms with E-state index >= 15 is 0 Å². The SMILES string of the molecule is CCOC(=O)/C=C/C[C@H](NC(=O)CNC(=O)OCc1ccccc1)C(N)=O. The molecule has 0 aliphatic heterocycles. The van der Waals surface area contributed by atoms with Crippen LogP contribution in [0.25, 0.3) is 0 Å². The van der Waals surface area contributed by atoms with Gasteiger partial charge in [-0.15, -0.1) is 0 Å². The van der Waals surface area contributed by atoms with Crippen molar-refractivity contribution in [2.24, 2.45) is 5.73 Å². The average Bonchev–Trinajstić information content (AvgIpc) is 2.64. The molecule has 0 heterocycles. The minimum atomic E-state index is -1.02. The summed E-state index contributed by atoms with van der Waals surface area (Å²) < 4.78 is 9.66. The molecule has 0 spiro atoms. The highest BCUT2D eigenvalue weighted by molar-refractivity contribution is 5.89. The van der Waals surface area contributed by atoms with Crippen LogP contribution in [0.3, 0.4) is 0 Å². The summed E-state index contributed by atoms with van der Waals surface area (Å²) in [4.78, 5) is 46.0. The third-order valence-corrected chi connectivity index (χ3v) is 3.20. The molecule has 1 aromatic rings. The fraction of sp³-hybridized carbons (Fsp3) is 0.333. The quantitative estimate of drug-likeness (QED) is 0.398. The van der Waals surface area contributed by atoms with Crippen molar-refractivity contribution in [1.82, 2.24) is 10.6 Å². The van der Waals surface area contributed by atoms with Crippen molar-refractivity contribution in [3.63, 3.8) is 0 Å². The molecule has 27 heavy (non-hydrogen) atoms. The molecule has 0 saturated heterocycles. The van der Waals surface area contributed by atoms with Crippen LogP contribution in [0.1, 0.15) is 18.9 Å². The highest BCUT2D eigenvalue weighted by Crippen LogP contribution is 2.00. The number of primary amides is 1. The smallest absolute Gasteiger partial charge is 0.407 e. The maximum Gasteiger partial charge on any atom is 0.407 e. The van der Waals surface area contributed by atoms with E-state index < -0.39 is 29.9 Å². The third kappa shape index (κ3) is 9.63. The third-order valence-electron chi connectivity index (χ3n) is 3.20. The topological polar surface area (TPSA) is 137 Å². The number of benzene rings is 1. The van der Waals surface area contributed by atoms with Crippen LogP contribution in [-0.4, -0.2) is 43.1 Å². The van der Waals surface area contributed by atoms with Gasteiger partial charge in [-0.1, -0.05) is 36.4 Å². The summed E-state index contributed by atoms with van der Waals surface area (Å²) in [6.45, 7) is 1.57. The number of alkyl carbamates (subject to hydrolysis) is 1. The number of amides is 3. The number of hydrogen-bond acceptors (Lipinski definition) is 6. The van der Waals surface area contributed by atoms with Gasteiger partial charge in [-0.2, -0.15) is 0 Å². The molecule has 3 amide bonds. The first kappa shape index (κ1) is 21.7. The Bertz CT molecular complexity index is 675. The fourth-order valence-electron chi connectivity index (χ4n) is 1.91. The number of carbonyl (C=O) groups is 4. The van der Waals surface area contributed by atoms with Crippen LogP contribution in [0.2, 0.25) is 0 Å². The zero-order valence-electron chi connectivity index (χ0n) is 15.0. The molecular weight excluding hydrogens is 354 g/mol. The van der Waals surface area contributed by atoms with Gasteiger partial charge in [0.05, 0.1) is 6.61 Å². The second-order valence-corrected chi connectivity index (χ2v) is 5.33. The van der Waals surface area contributed by atoms with Crippen molar-refractivity contribution in [3.05, 3.63) is 48.0 Å². The van der Waals surface area contributed by atoms with Gasteiger partial charge in [0.25, 0.3) is 0 Å². The zero-order valence-corrected chi connectivity index (χ0v) is 15.0. The van der Waals surface area contributed by atoms with Gasteiger partial charge in [0.15, 0.2) is 0 Å². The molecule has 0 aromatic heterocycles. The maximum absolute atomic E-state index is 11.8. The van der Waals surface area contributed by atoms with E-state index in [4.69, 9.17) is 15.2 Å². The van der Waals surface area contributed by atoms with Crippen molar-refractivity contribution >= 4 is 23.9 Å². The lowest BCUT2D eigenvalue weighted by Gasteiger charge is -2.14. The molecule has 0 saturated carbocycles. The Kier molecular flexibility index (Phi) is 9.69. The van der Waals surface area contributed by atoms with Gasteiger partial charge in [0, 0.05) is 6.08 Å². The predicted molar refractivity (Wildman–Crippen MR) is 96.1 cm³/mol. The number of rotatable bonds is 10. The number of hydrogen-bond donors (Lipinski definition) is 3. The first-order chi connectivity index (χ1) is 12.9. The molecule has 4 N–H and O–H groups in total. The lowest BCUT2D eigenvalue weighted by Crippen LogP contribution is -2.47. The summed E-state index contributed by atoms with van der Waals surface area (Å²) >= 11 is 0. The molecular formula is C18H23N3O6. The van der Waals surface area contributed by atoms with Gasteiger partial charge >= 0.3 is 12.1 Å². The van der Waals surface area contributed by atoms with E-state index in [0.29, 0.717) is 0 Å². The summed E-state index contributed by atoms with van der Waals surface area (Å²) in [5, 5.41) is 4.63. The van der Waals surface area contributed by atoms with Gasteiger partial charge in [-0.05, 0) is 18.9 Å². The van der Waals surface area contributed by atoms with E-state index in [1.54, 1.807) is 19.1 Å². The molecule has 146 valence electrons. The lowest BCUT2D eigenvalue weighted by molar-refractivity contribution is -0.137. The van der Waals surface area contributed by atoms with Gasteiger partial charge < -0.3 is 25.8 Å². The van der Waals surface area contributed by atoms with Crippen molar-refractivity contribution in [1.29, 1.82) is 0 Å². The highest BCUT2D eigenvalue weighted by atomic mass is 16.5. The van der Waals surface area contributed by atoms with Crippen LogP contribution < -0.4 is 16.4 Å². The van der Waals surface area contributed by atoms with Gasteiger partial charge in [0.2, 0.25) is 11.8 Å². The first-order valence-electron chi connectivity index (χ1n) is 8.29. The Hall–Kier alpha value is -3.36. The Balaban J connectivity index is 2.35. The minimum Gasteiger partial charge on any atom is -0.463 e. The summed E-state index contributed by atoms with van der Waals surface area (Å²) in [7, 11) is 0. The largest absolute Gasteiger partial charge is 0.463 e. The van der Waals surface area contributed by atoms with Crippen LogP contribution in [0.5, 0.6) is 0 Å². The maximum atomic E-state index is 11.8. The Morgan fingerprint density at radius 2 is 1.85 bits per heavy atom. The normalized spacial score (nSPS) is 11.4. The summed E-state index contributed by atoms with van der Waals surface area (Å²) in [6, 6.07) is 8.02. The van der Waals surface area contributed by atoms with Crippen molar-refractivity contribution in [2.75, 3.05) is 13.2 Å². The number of nitrogens with two attached hydrogens (primary N) is 1. The minimum absolute atomic E-state index is 0.0122. The highest BCUT2D eigenvalue weighted by Gasteiger charge is 2.17. The van der Waals surface area contributed by atoms with E-state index in [-0.39, 0.29) is 26.2 Å².